The fourth-order valence-electron chi connectivity index (χ4n) is 2.17. The number of carbonyl (C=O) groups is 1. The Morgan fingerprint density at radius 1 is 1.14 bits per heavy atom. The van der Waals surface area contributed by atoms with Crippen molar-refractivity contribution in [2.45, 2.75) is 6.92 Å². The molecule has 0 atom stereocenters. The number of carbonyl (C=O) groups excluding carboxylic acids is 1. The van der Waals surface area contributed by atoms with Crippen molar-refractivity contribution in [3.63, 3.8) is 0 Å². The monoisotopic (exact) mass is 365 g/mol. The van der Waals surface area contributed by atoms with Crippen LogP contribution in [-0.4, -0.2) is 5.91 Å². The van der Waals surface area contributed by atoms with Crippen molar-refractivity contribution in [3.05, 3.63) is 63.8 Å². The lowest BCUT2D eigenvalue weighted by Crippen LogP contribution is -2.12. The predicted molar refractivity (Wildman–Crippen MR) is 83.0 cm³/mol. The van der Waals surface area contributed by atoms with Crippen LogP contribution < -0.4 is 5.32 Å². The number of fused-ring (bicyclic) bond motifs is 1. The van der Waals surface area contributed by atoms with Gasteiger partial charge in [0, 0.05) is 27.2 Å². The highest BCUT2D eigenvalue weighted by molar-refractivity contribution is 9.10. The number of benzene rings is 2. The van der Waals surface area contributed by atoms with Gasteiger partial charge in [0.15, 0.2) is 17.4 Å². The number of hydrogen-bond acceptors (Lipinski definition) is 2. The first kappa shape index (κ1) is 14.7. The molecule has 1 N–H and O–H groups in total. The van der Waals surface area contributed by atoms with Crippen LogP contribution >= 0.6 is 15.9 Å². The van der Waals surface area contributed by atoms with Crippen LogP contribution in [0.1, 0.15) is 16.1 Å². The van der Waals surface area contributed by atoms with Gasteiger partial charge in [-0.1, -0.05) is 15.9 Å². The SMILES string of the molecule is Cc1c(C(=O)Nc2ccc(F)c(F)c2)oc2ccc(Br)cc12. The molecule has 0 aliphatic heterocycles. The fourth-order valence-corrected chi connectivity index (χ4v) is 2.53. The van der Waals surface area contributed by atoms with E-state index >= 15 is 0 Å². The summed E-state index contributed by atoms with van der Waals surface area (Å²) < 4.78 is 32.5. The van der Waals surface area contributed by atoms with E-state index in [9.17, 15) is 13.6 Å². The molecule has 3 rings (SSSR count). The third-order valence-corrected chi connectivity index (χ3v) is 3.78. The second-order valence-corrected chi connectivity index (χ2v) is 5.70. The number of aryl methyl sites for hydroxylation is 1. The van der Waals surface area contributed by atoms with Crippen LogP contribution in [0.2, 0.25) is 0 Å². The van der Waals surface area contributed by atoms with Gasteiger partial charge < -0.3 is 9.73 Å². The summed E-state index contributed by atoms with van der Waals surface area (Å²) in [5.41, 5.74) is 1.41. The number of halogens is 3. The molecule has 0 aliphatic carbocycles. The summed E-state index contributed by atoms with van der Waals surface area (Å²) in [6, 6.07) is 8.56. The summed E-state index contributed by atoms with van der Waals surface area (Å²) >= 11 is 3.36. The quantitative estimate of drug-likeness (QED) is 0.691. The van der Waals surface area contributed by atoms with E-state index in [1.807, 2.05) is 12.1 Å². The Bertz CT molecular complexity index is 889. The Hall–Kier alpha value is -2.21. The average Bonchev–Trinajstić information content (AvgIpc) is 2.80. The lowest BCUT2D eigenvalue weighted by molar-refractivity contribution is 0.0998. The Balaban J connectivity index is 1.95. The van der Waals surface area contributed by atoms with E-state index in [0.717, 1.165) is 22.0 Å². The van der Waals surface area contributed by atoms with Gasteiger partial charge in [-0.3, -0.25) is 4.79 Å². The summed E-state index contributed by atoms with van der Waals surface area (Å²) in [7, 11) is 0. The molecular formula is C16H10BrF2NO2. The van der Waals surface area contributed by atoms with Crippen LogP contribution in [0.3, 0.4) is 0 Å². The van der Waals surface area contributed by atoms with Crippen molar-refractivity contribution in [3.8, 4) is 0 Å². The summed E-state index contributed by atoms with van der Waals surface area (Å²) in [6.07, 6.45) is 0. The lowest BCUT2D eigenvalue weighted by Gasteiger charge is -2.04. The molecule has 1 aromatic heterocycles. The lowest BCUT2D eigenvalue weighted by atomic mass is 10.1. The fraction of sp³-hybridized carbons (Fsp3) is 0.0625. The first-order chi connectivity index (χ1) is 10.5. The molecule has 0 bridgehead atoms. The molecule has 3 nitrogen and oxygen atoms in total. The highest BCUT2D eigenvalue weighted by Gasteiger charge is 2.18. The first-order valence-corrected chi connectivity index (χ1v) is 7.20. The molecule has 1 amide bonds. The first-order valence-electron chi connectivity index (χ1n) is 6.41. The number of anilines is 1. The molecule has 22 heavy (non-hydrogen) atoms. The Kier molecular flexibility index (Phi) is 3.70. The molecule has 3 aromatic rings. The molecule has 0 aliphatic rings. The number of nitrogens with one attached hydrogen (secondary N) is 1. The molecule has 0 unspecified atom stereocenters. The number of amides is 1. The number of furan rings is 1. The molecule has 0 radical (unpaired) electrons. The zero-order chi connectivity index (χ0) is 15.9. The molecule has 112 valence electrons. The minimum absolute atomic E-state index is 0.137. The van der Waals surface area contributed by atoms with E-state index in [1.165, 1.54) is 6.07 Å². The van der Waals surface area contributed by atoms with Crippen molar-refractivity contribution in [1.29, 1.82) is 0 Å². The summed E-state index contributed by atoms with van der Waals surface area (Å²) in [4.78, 5) is 12.3. The van der Waals surface area contributed by atoms with Gasteiger partial charge in [0.1, 0.15) is 5.58 Å². The van der Waals surface area contributed by atoms with Crippen LogP contribution in [0.25, 0.3) is 11.0 Å². The van der Waals surface area contributed by atoms with E-state index in [-0.39, 0.29) is 11.4 Å². The minimum atomic E-state index is -1.02. The van der Waals surface area contributed by atoms with E-state index in [1.54, 1.807) is 13.0 Å². The zero-order valence-corrected chi connectivity index (χ0v) is 13.0. The normalized spacial score (nSPS) is 10.9. The maximum atomic E-state index is 13.2. The van der Waals surface area contributed by atoms with Crippen LogP contribution in [0.5, 0.6) is 0 Å². The van der Waals surface area contributed by atoms with Gasteiger partial charge in [-0.05, 0) is 37.3 Å². The van der Waals surface area contributed by atoms with Gasteiger partial charge in [-0.2, -0.15) is 0 Å². The maximum Gasteiger partial charge on any atom is 0.291 e. The molecule has 0 fully saturated rings. The Labute approximate surface area is 133 Å². The number of rotatable bonds is 2. The standard InChI is InChI=1S/C16H10BrF2NO2/c1-8-11-6-9(17)2-5-14(11)22-15(8)16(21)20-10-3-4-12(18)13(19)7-10/h2-7H,1H3,(H,20,21). The maximum absolute atomic E-state index is 13.2. The third kappa shape index (κ3) is 2.62. The van der Waals surface area contributed by atoms with Crippen molar-refractivity contribution in [1.82, 2.24) is 0 Å². The van der Waals surface area contributed by atoms with Crippen LogP contribution in [-0.2, 0) is 0 Å². The van der Waals surface area contributed by atoms with Crippen LogP contribution in [0.15, 0.2) is 45.3 Å². The molecule has 6 heteroatoms. The zero-order valence-electron chi connectivity index (χ0n) is 11.4. The van der Waals surface area contributed by atoms with Gasteiger partial charge in [0.05, 0.1) is 0 Å². The average molecular weight is 366 g/mol. The van der Waals surface area contributed by atoms with Gasteiger partial charge in [0.2, 0.25) is 0 Å². The van der Waals surface area contributed by atoms with Gasteiger partial charge in [-0.15, -0.1) is 0 Å². The Morgan fingerprint density at radius 3 is 2.64 bits per heavy atom. The molecule has 0 saturated heterocycles. The topological polar surface area (TPSA) is 42.2 Å². The van der Waals surface area contributed by atoms with Gasteiger partial charge in [-0.25, -0.2) is 8.78 Å². The van der Waals surface area contributed by atoms with E-state index in [2.05, 4.69) is 21.2 Å². The van der Waals surface area contributed by atoms with Gasteiger partial charge >= 0.3 is 0 Å². The minimum Gasteiger partial charge on any atom is -0.451 e. The molecule has 1 heterocycles. The van der Waals surface area contributed by atoms with Crippen molar-refractivity contribution < 1.29 is 18.0 Å². The summed E-state index contributed by atoms with van der Waals surface area (Å²) in [6.45, 7) is 1.76. The summed E-state index contributed by atoms with van der Waals surface area (Å²) in [5.74, 6) is -2.38. The Morgan fingerprint density at radius 2 is 1.91 bits per heavy atom. The summed E-state index contributed by atoms with van der Waals surface area (Å²) in [5, 5.41) is 3.30. The number of hydrogen-bond donors (Lipinski definition) is 1. The molecular weight excluding hydrogens is 356 g/mol. The predicted octanol–water partition coefficient (Wildman–Crippen LogP) is 5.03. The van der Waals surface area contributed by atoms with E-state index in [4.69, 9.17) is 4.42 Å². The second kappa shape index (κ2) is 5.53. The highest BCUT2D eigenvalue weighted by Crippen LogP contribution is 2.28. The largest absolute Gasteiger partial charge is 0.451 e. The van der Waals surface area contributed by atoms with E-state index < -0.39 is 17.5 Å². The molecule has 0 spiro atoms. The van der Waals surface area contributed by atoms with Crippen molar-refractivity contribution in [2.75, 3.05) is 5.32 Å². The van der Waals surface area contributed by atoms with Crippen molar-refractivity contribution >= 4 is 38.5 Å². The van der Waals surface area contributed by atoms with Crippen LogP contribution in [0, 0.1) is 18.6 Å². The van der Waals surface area contributed by atoms with E-state index in [0.29, 0.717) is 11.1 Å². The van der Waals surface area contributed by atoms with Crippen molar-refractivity contribution in [2.24, 2.45) is 0 Å². The molecule has 0 saturated carbocycles. The van der Waals surface area contributed by atoms with Gasteiger partial charge in [0.25, 0.3) is 5.91 Å². The van der Waals surface area contributed by atoms with Crippen LogP contribution in [0.4, 0.5) is 14.5 Å². The highest BCUT2D eigenvalue weighted by atomic mass is 79.9. The molecule has 2 aromatic carbocycles. The third-order valence-electron chi connectivity index (χ3n) is 3.28. The smallest absolute Gasteiger partial charge is 0.291 e. The second-order valence-electron chi connectivity index (χ2n) is 4.78.